The summed E-state index contributed by atoms with van der Waals surface area (Å²) < 4.78 is 7.18. The SMILES string of the molecule is O=C(N[C@@H]1C=C[C@@H]2[C@H]1NC(=O)c1cccn12)OCc1ccccc1. The van der Waals surface area contributed by atoms with Crippen LogP contribution in [0.5, 0.6) is 0 Å². The van der Waals surface area contributed by atoms with E-state index in [0.29, 0.717) is 5.69 Å². The highest BCUT2D eigenvalue weighted by Crippen LogP contribution is 2.29. The third-order valence-electron chi connectivity index (χ3n) is 4.40. The Hall–Kier alpha value is -3.02. The third-order valence-corrected chi connectivity index (χ3v) is 4.40. The van der Waals surface area contributed by atoms with Crippen molar-refractivity contribution < 1.29 is 14.3 Å². The molecule has 1 aromatic carbocycles. The van der Waals surface area contributed by atoms with Gasteiger partial charge in [-0.3, -0.25) is 4.79 Å². The van der Waals surface area contributed by atoms with Crippen LogP contribution >= 0.6 is 0 Å². The second-order valence-electron chi connectivity index (χ2n) is 5.91. The van der Waals surface area contributed by atoms with Gasteiger partial charge in [-0.2, -0.15) is 0 Å². The molecule has 0 spiro atoms. The van der Waals surface area contributed by atoms with E-state index < -0.39 is 6.09 Å². The Kier molecular flexibility index (Phi) is 3.57. The van der Waals surface area contributed by atoms with Gasteiger partial charge in [-0.1, -0.05) is 42.5 Å². The molecule has 6 nitrogen and oxygen atoms in total. The molecule has 1 aliphatic carbocycles. The number of hydrogen-bond donors (Lipinski definition) is 2. The lowest BCUT2D eigenvalue weighted by atomic mass is 10.0. The minimum atomic E-state index is -0.498. The number of carbonyl (C=O) groups excluding carboxylic acids is 2. The molecule has 3 atom stereocenters. The summed E-state index contributed by atoms with van der Waals surface area (Å²) >= 11 is 0. The summed E-state index contributed by atoms with van der Waals surface area (Å²) in [5, 5.41) is 5.77. The smallest absolute Gasteiger partial charge is 0.408 e. The number of nitrogens with one attached hydrogen (secondary N) is 2. The first kappa shape index (κ1) is 14.6. The summed E-state index contributed by atoms with van der Waals surface area (Å²) in [4.78, 5) is 24.2. The summed E-state index contributed by atoms with van der Waals surface area (Å²) in [6, 6.07) is 12.6. The molecule has 2 aliphatic rings. The lowest BCUT2D eigenvalue weighted by Crippen LogP contribution is -2.54. The molecule has 1 aliphatic heterocycles. The van der Waals surface area contributed by atoms with Crippen molar-refractivity contribution in [2.45, 2.75) is 24.7 Å². The Morgan fingerprint density at radius 2 is 2.00 bits per heavy atom. The van der Waals surface area contributed by atoms with Gasteiger partial charge in [0.2, 0.25) is 0 Å². The quantitative estimate of drug-likeness (QED) is 0.849. The van der Waals surface area contributed by atoms with Gasteiger partial charge in [-0.05, 0) is 17.7 Å². The zero-order valence-electron chi connectivity index (χ0n) is 12.9. The number of alkyl carbamates (subject to hydrolysis) is 1. The highest BCUT2D eigenvalue weighted by molar-refractivity contribution is 5.94. The summed E-state index contributed by atoms with van der Waals surface area (Å²) in [6.45, 7) is 0.214. The van der Waals surface area contributed by atoms with Crippen LogP contribution in [-0.2, 0) is 11.3 Å². The van der Waals surface area contributed by atoms with E-state index in [0.717, 1.165) is 5.56 Å². The number of fused-ring (bicyclic) bond motifs is 3. The fourth-order valence-corrected chi connectivity index (χ4v) is 3.24. The molecular weight excluding hydrogens is 306 g/mol. The predicted molar refractivity (Wildman–Crippen MR) is 87.4 cm³/mol. The maximum absolute atomic E-state index is 12.1. The number of nitrogens with zero attached hydrogens (tertiary/aromatic N) is 1. The van der Waals surface area contributed by atoms with Gasteiger partial charge < -0.3 is 19.9 Å². The topological polar surface area (TPSA) is 72.4 Å². The maximum Gasteiger partial charge on any atom is 0.408 e. The first-order chi connectivity index (χ1) is 11.7. The molecule has 2 heterocycles. The zero-order chi connectivity index (χ0) is 16.5. The van der Waals surface area contributed by atoms with Gasteiger partial charge >= 0.3 is 6.09 Å². The molecule has 4 rings (SSSR count). The van der Waals surface area contributed by atoms with Crippen molar-refractivity contribution in [1.82, 2.24) is 15.2 Å². The Morgan fingerprint density at radius 1 is 1.17 bits per heavy atom. The second kappa shape index (κ2) is 5.88. The Labute approximate surface area is 139 Å². The van der Waals surface area contributed by atoms with Gasteiger partial charge in [0.25, 0.3) is 5.91 Å². The molecular formula is C18H17N3O3. The van der Waals surface area contributed by atoms with Gasteiger partial charge in [0.05, 0.1) is 18.1 Å². The van der Waals surface area contributed by atoms with Gasteiger partial charge in [0, 0.05) is 6.20 Å². The number of hydrogen-bond acceptors (Lipinski definition) is 3. The number of ether oxygens (including phenoxy) is 1. The van der Waals surface area contributed by atoms with E-state index in [1.807, 2.05) is 59.3 Å². The first-order valence-corrected chi connectivity index (χ1v) is 7.85. The fourth-order valence-electron chi connectivity index (χ4n) is 3.24. The normalized spacial score (nSPS) is 24.0. The summed E-state index contributed by atoms with van der Waals surface area (Å²) in [7, 11) is 0. The zero-order valence-corrected chi connectivity index (χ0v) is 12.9. The lowest BCUT2D eigenvalue weighted by Gasteiger charge is -2.32. The van der Waals surface area contributed by atoms with Crippen LogP contribution in [0.15, 0.2) is 60.8 Å². The molecule has 0 radical (unpaired) electrons. The molecule has 0 unspecified atom stereocenters. The third kappa shape index (κ3) is 2.56. The van der Waals surface area contributed by atoms with Crippen LogP contribution in [0, 0.1) is 0 Å². The van der Waals surface area contributed by atoms with Crippen LogP contribution in [0.1, 0.15) is 22.1 Å². The molecule has 0 fully saturated rings. The van der Waals surface area contributed by atoms with Gasteiger partial charge in [-0.15, -0.1) is 0 Å². The van der Waals surface area contributed by atoms with Crippen LogP contribution in [0.3, 0.4) is 0 Å². The lowest BCUT2D eigenvalue weighted by molar-refractivity contribution is 0.0879. The molecule has 2 amide bonds. The van der Waals surface area contributed by atoms with Crippen molar-refractivity contribution >= 4 is 12.0 Å². The molecule has 2 aromatic rings. The second-order valence-corrected chi connectivity index (χ2v) is 5.91. The summed E-state index contributed by atoms with van der Waals surface area (Å²) in [5.41, 5.74) is 1.56. The predicted octanol–water partition coefficient (Wildman–Crippen LogP) is 2.01. The van der Waals surface area contributed by atoms with Crippen molar-refractivity contribution in [1.29, 1.82) is 0 Å². The Morgan fingerprint density at radius 3 is 2.83 bits per heavy atom. The fraction of sp³-hybridized carbons (Fsp3) is 0.222. The molecule has 1 aromatic heterocycles. The molecule has 6 heteroatoms. The van der Waals surface area contributed by atoms with Crippen molar-refractivity contribution in [2.75, 3.05) is 0 Å². The molecule has 0 saturated carbocycles. The standard InChI is InChI=1S/C18H17N3O3/c22-17-15-7-4-10-21(15)14-9-8-13(16(14)20-17)19-18(23)24-11-12-5-2-1-3-6-12/h1-10,13-14,16H,11H2,(H,19,23)(H,20,22)/t13-,14-,16+/m1/s1. The molecule has 24 heavy (non-hydrogen) atoms. The Balaban J connectivity index is 1.39. The molecule has 2 N–H and O–H groups in total. The van der Waals surface area contributed by atoms with Crippen molar-refractivity contribution in [3.8, 4) is 0 Å². The Bertz CT molecular complexity index is 797. The average molecular weight is 323 g/mol. The molecule has 0 bridgehead atoms. The average Bonchev–Trinajstić information content (AvgIpc) is 3.22. The van der Waals surface area contributed by atoms with E-state index in [-0.39, 0.29) is 30.6 Å². The number of aromatic nitrogens is 1. The highest BCUT2D eigenvalue weighted by atomic mass is 16.5. The van der Waals surface area contributed by atoms with Crippen LogP contribution in [0.25, 0.3) is 0 Å². The largest absolute Gasteiger partial charge is 0.445 e. The van der Waals surface area contributed by atoms with E-state index in [2.05, 4.69) is 10.6 Å². The summed E-state index contributed by atoms with van der Waals surface area (Å²) in [6.07, 6.45) is 5.28. The van der Waals surface area contributed by atoms with Crippen molar-refractivity contribution in [2.24, 2.45) is 0 Å². The monoisotopic (exact) mass is 323 g/mol. The van der Waals surface area contributed by atoms with Gasteiger partial charge in [0.15, 0.2) is 0 Å². The summed E-state index contributed by atoms with van der Waals surface area (Å²) in [5.74, 6) is -0.130. The van der Waals surface area contributed by atoms with Gasteiger partial charge in [-0.25, -0.2) is 4.79 Å². The van der Waals surface area contributed by atoms with Crippen LogP contribution in [-0.4, -0.2) is 28.7 Å². The van der Waals surface area contributed by atoms with Crippen molar-refractivity contribution in [3.63, 3.8) is 0 Å². The van der Waals surface area contributed by atoms with E-state index in [9.17, 15) is 9.59 Å². The van der Waals surface area contributed by atoms with Crippen LogP contribution in [0.4, 0.5) is 4.79 Å². The molecule has 0 saturated heterocycles. The number of benzene rings is 1. The van der Waals surface area contributed by atoms with Crippen LogP contribution < -0.4 is 10.6 Å². The molecule has 122 valence electrons. The number of carbonyl (C=O) groups is 2. The minimum Gasteiger partial charge on any atom is -0.445 e. The minimum absolute atomic E-state index is 0.00660. The first-order valence-electron chi connectivity index (χ1n) is 7.85. The van der Waals surface area contributed by atoms with Crippen molar-refractivity contribution in [3.05, 3.63) is 72.1 Å². The van der Waals surface area contributed by atoms with Crippen LogP contribution in [0.2, 0.25) is 0 Å². The maximum atomic E-state index is 12.1. The van der Waals surface area contributed by atoms with E-state index in [1.54, 1.807) is 6.07 Å². The van der Waals surface area contributed by atoms with E-state index in [1.165, 1.54) is 0 Å². The number of amides is 2. The highest BCUT2D eigenvalue weighted by Gasteiger charge is 2.39. The number of rotatable bonds is 3. The van der Waals surface area contributed by atoms with E-state index >= 15 is 0 Å². The van der Waals surface area contributed by atoms with E-state index in [4.69, 9.17) is 4.74 Å². The van der Waals surface area contributed by atoms with Gasteiger partial charge in [0.1, 0.15) is 12.3 Å².